The molecule has 1 aromatic rings. The number of nitrogens with zero attached hydrogens (tertiary/aromatic N) is 2. The number of aryl methyl sites for hydroxylation is 1. The normalized spacial score (nSPS) is 21.2. The summed E-state index contributed by atoms with van der Waals surface area (Å²) in [5.41, 5.74) is 2.16. The van der Waals surface area contributed by atoms with E-state index in [9.17, 15) is 14.0 Å². The van der Waals surface area contributed by atoms with Crippen molar-refractivity contribution in [1.29, 1.82) is 0 Å². The second-order valence-corrected chi connectivity index (χ2v) is 7.07. The molecule has 0 bridgehead atoms. The number of alkyl halides is 1. The molecule has 1 aliphatic heterocycles. The second-order valence-electron chi connectivity index (χ2n) is 5.99. The van der Waals surface area contributed by atoms with E-state index in [0.717, 1.165) is 17.7 Å². The van der Waals surface area contributed by atoms with Crippen molar-refractivity contribution in [2.75, 3.05) is 4.90 Å². The van der Waals surface area contributed by atoms with Crippen LogP contribution < -0.4 is 4.90 Å². The quantitative estimate of drug-likeness (QED) is 0.621. The predicted octanol–water partition coefficient (Wildman–Crippen LogP) is 3.15. The van der Waals surface area contributed by atoms with Gasteiger partial charge in [-0.2, -0.15) is 0 Å². The highest BCUT2D eigenvalue weighted by atomic mass is 31.0. The SMILES string of the molecule is Cc1nc(N2C(=O)C3=C(CCCC3)C2=O)ccc1C(C)(F)P. The molecule has 2 heterocycles. The number of amides is 2. The zero-order valence-electron chi connectivity index (χ0n) is 12.6. The first-order valence-corrected chi connectivity index (χ1v) is 7.95. The van der Waals surface area contributed by atoms with Crippen LogP contribution >= 0.6 is 9.24 Å². The van der Waals surface area contributed by atoms with E-state index in [0.29, 0.717) is 35.2 Å². The average Bonchev–Trinajstić information content (AvgIpc) is 2.70. The molecule has 0 radical (unpaired) electrons. The highest BCUT2D eigenvalue weighted by molar-refractivity contribution is 7.18. The van der Waals surface area contributed by atoms with Crippen molar-refractivity contribution in [3.8, 4) is 0 Å². The number of carbonyl (C=O) groups excluding carboxylic acids is 2. The molecule has 0 saturated heterocycles. The zero-order chi connectivity index (χ0) is 16.1. The maximum Gasteiger partial charge on any atom is 0.262 e. The minimum absolute atomic E-state index is 0.270. The summed E-state index contributed by atoms with van der Waals surface area (Å²) >= 11 is 0. The third-order valence-electron chi connectivity index (χ3n) is 4.22. The van der Waals surface area contributed by atoms with Crippen LogP contribution in [-0.2, 0) is 15.0 Å². The van der Waals surface area contributed by atoms with Crippen molar-refractivity contribution >= 4 is 26.9 Å². The smallest absolute Gasteiger partial charge is 0.262 e. The average molecular weight is 320 g/mol. The topological polar surface area (TPSA) is 50.3 Å². The van der Waals surface area contributed by atoms with Crippen molar-refractivity contribution in [2.24, 2.45) is 0 Å². The fraction of sp³-hybridized carbons (Fsp3) is 0.438. The van der Waals surface area contributed by atoms with Crippen LogP contribution in [0.15, 0.2) is 23.3 Å². The molecule has 2 atom stereocenters. The van der Waals surface area contributed by atoms with Gasteiger partial charge >= 0.3 is 0 Å². The van der Waals surface area contributed by atoms with Gasteiger partial charge in [0.05, 0.1) is 0 Å². The van der Waals surface area contributed by atoms with E-state index in [1.54, 1.807) is 19.1 Å². The zero-order valence-corrected chi connectivity index (χ0v) is 13.8. The van der Waals surface area contributed by atoms with Gasteiger partial charge in [0.15, 0.2) is 0 Å². The minimum Gasteiger partial charge on any atom is -0.269 e. The van der Waals surface area contributed by atoms with Crippen LogP contribution in [0.2, 0.25) is 0 Å². The Kier molecular flexibility index (Phi) is 3.64. The van der Waals surface area contributed by atoms with E-state index in [-0.39, 0.29) is 17.6 Å². The van der Waals surface area contributed by atoms with Gasteiger partial charge in [0.1, 0.15) is 11.2 Å². The van der Waals surface area contributed by atoms with Crippen LogP contribution in [0.4, 0.5) is 10.2 Å². The molecule has 2 unspecified atom stereocenters. The van der Waals surface area contributed by atoms with Crippen LogP contribution in [0.3, 0.4) is 0 Å². The Hall–Kier alpha value is -1.61. The molecule has 6 heteroatoms. The largest absolute Gasteiger partial charge is 0.269 e. The highest BCUT2D eigenvalue weighted by Crippen LogP contribution is 2.37. The summed E-state index contributed by atoms with van der Waals surface area (Å²) in [5.74, 6) is -0.263. The standard InChI is InChI=1S/C16H18FN2O2P/c1-9-12(16(2,17)22)7-8-13(18-9)19-14(20)10-5-3-4-6-11(10)15(19)21/h7-8H,3-6,22H2,1-2H3. The first-order chi connectivity index (χ1) is 10.3. The first-order valence-electron chi connectivity index (χ1n) is 7.37. The number of anilines is 1. The summed E-state index contributed by atoms with van der Waals surface area (Å²) in [6.07, 6.45) is 3.18. The van der Waals surface area contributed by atoms with Crippen molar-refractivity contribution in [2.45, 2.75) is 44.9 Å². The lowest BCUT2D eigenvalue weighted by Gasteiger charge is -2.20. The molecule has 0 fully saturated rings. The molecule has 2 amide bonds. The van der Waals surface area contributed by atoms with Crippen LogP contribution in [0.1, 0.15) is 43.9 Å². The highest BCUT2D eigenvalue weighted by Gasteiger charge is 2.40. The predicted molar refractivity (Wildman–Crippen MR) is 85.1 cm³/mol. The molecule has 1 aromatic heterocycles. The van der Waals surface area contributed by atoms with Crippen LogP contribution in [-0.4, -0.2) is 16.8 Å². The third kappa shape index (κ3) is 2.38. The van der Waals surface area contributed by atoms with Gasteiger partial charge in [0.2, 0.25) is 0 Å². The molecule has 0 spiro atoms. The van der Waals surface area contributed by atoms with E-state index in [4.69, 9.17) is 0 Å². The van der Waals surface area contributed by atoms with Gasteiger partial charge in [-0.15, -0.1) is 0 Å². The molecule has 0 saturated carbocycles. The summed E-state index contributed by atoms with van der Waals surface area (Å²) in [5, 5.41) is -1.59. The maximum absolute atomic E-state index is 14.1. The number of pyridine rings is 1. The summed E-state index contributed by atoms with van der Waals surface area (Å²) in [4.78, 5) is 30.4. The van der Waals surface area contributed by atoms with Crippen molar-refractivity contribution in [3.63, 3.8) is 0 Å². The van der Waals surface area contributed by atoms with E-state index in [1.165, 1.54) is 6.92 Å². The van der Waals surface area contributed by atoms with Crippen LogP contribution in [0.5, 0.6) is 0 Å². The number of halogens is 1. The number of imide groups is 1. The van der Waals surface area contributed by atoms with Gasteiger partial charge in [0, 0.05) is 22.4 Å². The number of rotatable bonds is 2. The Labute approximate surface area is 131 Å². The summed E-state index contributed by atoms with van der Waals surface area (Å²) in [6, 6.07) is 3.13. The fourth-order valence-corrected chi connectivity index (χ4v) is 3.44. The third-order valence-corrected chi connectivity index (χ3v) is 4.53. The molecule has 0 N–H and O–H groups in total. The van der Waals surface area contributed by atoms with Crippen molar-refractivity contribution < 1.29 is 14.0 Å². The Balaban J connectivity index is 1.98. The summed E-state index contributed by atoms with van der Waals surface area (Å²) in [6.45, 7) is 3.10. The van der Waals surface area contributed by atoms with Gasteiger partial charge in [-0.1, -0.05) is 9.24 Å². The second kappa shape index (κ2) is 5.24. The van der Waals surface area contributed by atoms with E-state index < -0.39 is 5.41 Å². The van der Waals surface area contributed by atoms with Gasteiger partial charge in [-0.3, -0.25) is 9.59 Å². The van der Waals surface area contributed by atoms with Crippen molar-refractivity contribution in [1.82, 2.24) is 4.98 Å². The molecule has 116 valence electrons. The molecule has 22 heavy (non-hydrogen) atoms. The Morgan fingerprint density at radius 2 is 1.73 bits per heavy atom. The Morgan fingerprint density at radius 1 is 1.18 bits per heavy atom. The first kappa shape index (κ1) is 15.3. The lowest BCUT2D eigenvalue weighted by atomic mass is 9.93. The van der Waals surface area contributed by atoms with Gasteiger partial charge in [0.25, 0.3) is 11.8 Å². The van der Waals surface area contributed by atoms with E-state index in [1.807, 2.05) is 0 Å². The molecule has 4 nitrogen and oxygen atoms in total. The summed E-state index contributed by atoms with van der Waals surface area (Å²) in [7, 11) is 2.13. The molecular weight excluding hydrogens is 302 g/mol. The van der Waals surface area contributed by atoms with Gasteiger partial charge < -0.3 is 0 Å². The Bertz CT molecular complexity index is 679. The van der Waals surface area contributed by atoms with Crippen molar-refractivity contribution in [3.05, 3.63) is 34.5 Å². The molecular formula is C16H18FN2O2P. The van der Waals surface area contributed by atoms with Gasteiger partial charge in [-0.05, 0) is 51.7 Å². The Morgan fingerprint density at radius 3 is 2.18 bits per heavy atom. The maximum atomic E-state index is 14.1. The minimum atomic E-state index is -1.59. The molecule has 0 aromatic carbocycles. The molecule has 2 aliphatic rings. The lowest BCUT2D eigenvalue weighted by molar-refractivity contribution is -0.120. The lowest BCUT2D eigenvalue weighted by Crippen LogP contribution is -2.32. The fourth-order valence-electron chi connectivity index (χ4n) is 3.14. The number of carbonyl (C=O) groups is 2. The van der Waals surface area contributed by atoms with E-state index in [2.05, 4.69) is 14.2 Å². The molecule has 1 aliphatic carbocycles. The number of hydrogen-bond donors (Lipinski definition) is 0. The van der Waals surface area contributed by atoms with Gasteiger partial charge in [-0.25, -0.2) is 14.3 Å². The monoisotopic (exact) mass is 320 g/mol. The van der Waals surface area contributed by atoms with Crippen LogP contribution in [0, 0.1) is 6.92 Å². The molecule has 3 rings (SSSR count). The number of hydrogen-bond acceptors (Lipinski definition) is 3. The summed E-state index contributed by atoms with van der Waals surface area (Å²) < 4.78 is 14.1. The van der Waals surface area contributed by atoms with Crippen LogP contribution in [0.25, 0.3) is 0 Å². The van der Waals surface area contributed by atoms with E-state index >= 15 is 0 Å². The number of aromatic nitrogens is 1.